The molecular weight excluding hydrogens is 316 g/mol. The molecule has 25 heavy (non-hydrogen) atoms. The molecule has 3 rings (SSSR count). The monoisotopic (exact) mass is 338 g/mol. The fraction of sp³-hybridized carbons (Fsp3) is 0.350. The number of aliphatic carboxylic acids is 1. The van der Waals surface area contributed by atoms with Crippen LogP contribution in [0.25, 0.3) is 11.1 Å². The van der Waals surface area contributed by atoms with E-state index in [0.717, 1.165) is 36.8 Å². The van der Waals surface area contributed by atoms with Gasteiger partial charge in [0.15, 0.2) is 0 Å². The minimum absolute atomic E-state index is 0.287. The summed E-state index contributed by atoms with van der Waals surface area (Å²) in [5, 5.41) is 8.91. The predicted octanol–water partition coefficient (Wildman–Crippen LogP) is 3.60. The molecule has 1 aliphatic rings. The first kappa shape index (κ1) is 17.1. The van der Waals surface area contributed by atoms with Gasteiger partial charge in [0.05, 0.1) is 5.56 Å². The molecule has 0 radical (unpaired) electrons. The van der Waals surface area contributed by atoms with Crippen molar-refractivity contribution in [3.63, 3.8) is 0 Å². The molecule has 1 aromatic heterocycles. The number of benzene rings is 1. The number of carboxylic acid groups (broad SMARTS) is 1. The summed E-state index contributed by atoms with van der Waals surface area (Å²) in [5.74, 6) is -0.367. The van der Waals surface area contributed by atoms with Gasteiger partial charge in [-0.05, 0) is 54.7 Å². The second-order valence-electron chi connectivity index (χ2n) is 6.76. The van der Waals surface area contributed by atoms with Gasteiger partial charge in [-0.15, -0.1) is 0 Å². The van der Waals surface area contributed by atoms with Crippen molar-refractivity contribution >= 4 is 11.9 Å². The molecule has 1 heterocycles. The van der Waals surface area contributed by atoms with Gasteiger partial charge in [-0.1, -0.05) is 24.3 Å². The lowest BCUT2D eigenvalue weighted by Gasteiger charge is -2.28. The second-order valence-corrected chi connectivity index (χ2v) is 6.76. The minimum Gasteiger partial charge on any atom is -0.481 e. The molecule has 0 unspecified atom stereocenters. The van der Waals surface area contributed by atoms with E-state index in [2.05, 4.69) is 17.1 Å². The van der Waals surface area contributed by atoms with Crippen LogP contribution in [-0.2, 0) is 4.79 Å². The zero-order valence-electron chi connectivity index (χ0n) is 14.0. The van der Waals surface area contributed by atoms with Crippen LogP contribution in [0.4, 0.5) is 0 Å². The normalized spacial score (nSPS) is 20.2. The van der Waals surface area contributed by atoms with Crippen molar-refractivity contribution in [2.45, 2.75) is 38.0 Å². The molecule has 1 aliphatic carbocycles. The van der Waals surface area contributed by atoms with Crippen molar-refractivity contribution < 1.29 is 14.7 Å². The van der Waals surface area contributed by atoms with E-state index in [1.165, 1.54) is 11.8 Å². The first-order chi connectivity index (χ1) is 12.0. The minimum atomic E-state index is -0.695. The van der Waals surface area contributed by atoms with Crippen LogP contribution in [0.3, 0.4) is 0 Å². The summed E-state index contributed by atoms with van der Waals surface area (Å²) in [5.41, 5.74) is 8.87. The van der Waals surface area contributed by atoms with Crippen molar-refractivity contribution in [3.05, 3.63) is 53.9 Å². The zero-order chi connectivity index (χ0) is 17.8. The van der Waals surface area contributed by atoms with E-state index in [0.29, 0.717) is 17.4 Å². The molecule has 0 atom stereocenters. The van der Waals surface area contributed by atoms with Crippen molar-refractivity contribution in [2.24, 2.45) is 11.7 Å². The van der Waals surface area contributed by atoms with Gasteiger partial charge in [0.1, 0.15) is 0 Å². The second kappa shape index (κ2) is 7.47. The maximum atomic E-state index is 11.3. The van der Waals surface area contributed by atoms with Crippen LogP contribution >= 0.6 is 0 Å². The smallest absolute Gasteiger partial charge is 0.303 e. The number of aromatic nitrogens is 1. The van der Waals surface area contributed by atoms with Crippen LogP contribution in [-0.4, -0.2) is 22.0 Å². The summed E-state index contributed by atoms with van der Waals surface area (Å²) in [6, 6.07) is 10.1. The van der Waals surface area contributed by atoms with Crippen LogP contribution in [0.2, 0.25) is 0 Å². The van der Waals surface area contributed by atoms with E-state index in [1.54, 1.807) is 12.3 Å². The Morgan fingerprint density at radius 3 is 2.32 bits per heavy atom. The van der Waals surface area contributed by atoms with Gasteiger partial charge in [-0.2, -0.15) is 0 Å². The van der Waals surface area contributed by atoms with E-state index in [1.807, 2.05) is 12.1 Å². The fourth-order valence-electron chi connectivity index (χ4n) is 3.63. The highest BCUT2D eigenvalue weighted by molar-refractivity contribution is 5.93. The lowest BCUT2D eigenvalue weighted by Crippen LogP contribution is -2.16. The summed E-state index contributed by atoms with van der Waals surface area (Å²) in [7, 11) is 0. The number of hydrogen-bond acceptors (Lipinski definition) is 3. The summed E-state index contributed by atoms with van der Waals surface area (Å²) < 4.78 is 0. The lowest BCUT2D eigenvalue weighted by molar-refractivity contribution is -0.138. The molecule has 5 nitrogen and oxygen atoms in total. The van der Waals surface area contributed by atoms with Gasteiger partial charge in [0.2, 0.25) is 5.91 Å². The van der Waals surface area contributed by atoms with Crippen molar-refractivity contribution in [3.8, 4) is 11.1 Å². The van der Waals surface area contributed by atoms with Gasteiger partial charge >= 0.3 is 5.97 Å². The summed E-state index contributed by atoms with van der Waals surface area (Å²) in [6.07, 6.45) is 7.50. The van der Waals surface area contributed by atoms with Crippen molar-refractivity contribution in [2.75, 3.05) is 0 Å². The number of amides is 1. The highest BCUT2D eigenvalue weighted by atomic mass is 16.4. The lowest BCUT2D eigenvalue weighted by atomic mass is 9.77. The Kier molecular flexibility index (Phi) is 5.12. The van der Waals surface area contributed by atoms with Crippen LogP contribution in [0.5, 0.6) is 0 Å². The van der Waals surface area contributed by atoms with Crippen LogP contribution in [0, 0.1) is 5.92 Å². The summed E-state index contributed by atoms with van der Waals surface area (Å²) in [4.78, 5) is 26.2. The largest absolute Gasteiger partial charge is 0.481 e. The van der Waals surface area contributed by atoms with Gasteiger partial charge < -0.3 is 10.8 Å². The van der Waals surface area contributed by atoms with Crippen LogP contribution in [0.1, 0.15) is 53.9 Å². The number of primary amides is 1. The third-order valence-corrected chi connectivity index (χ3v) is 5.05. The highest BCUT2D eigenvalue weighted by Crippen LogP contribution is 2.37. The highest BCUT2D eigenvalue weighted by Gasteiger charge is 2.23. The van der Waals surface area contributed by atoms with E-state index in [-0.39, 0.29) is 6.42 Å². The fourth-order valence-corrected chi connectivity index (χ4v) is 3.63. The quantitative estimate of drug-likeness (QED) is 0.871. The predicted molar refractivity (Wildman–Crippen MR) is 95.1 cm³/mol. The Morgan fingerprint density at radius 1 is 1.04 bits per heavy atom. The molecule has 0 aliphatic heterocycles. The van der Waals surface area contributed by atoms with Gasteiger partial charge in [-0.25, -0.2) is 0 Å². The molecule has 2 aromatic rings. The summed E-state index contributed by atoms with van der Waals surface area (Å²) >= 11 is 0. The molecule has 0 bridgehead atoms. The van der Waals surface area contributed by atoms with Crippen LogP contribution in [0.15, 0.2) is 42.7 Å². The molecule has 5 heteroatoms. The molecule has 130 valence electrons. The van der Waals surface area contributed by atoms with Gasteiger partial charge in [0.25, 0.3) is 0 Å². The van der Waals surface area contributed by atoms with Crippen LogP contribution < -0.4 is 5.73 Å². The third kappa shape index (κ3) is 4.24. The molecular formula is C20H22N2O3. The Bertz CT molecular complexity index is 763. The van der Waals surface area contributed by atoms with E-state index < -0.39 is 11.9 Å². The number of carbonyl (C=O) groups is 2. The number of carboxylic acids is 1. The molecule has 1 aromatic carbocycles. The molecule has 1 saturated carbocycles. The number of nitrogens with two attached hydrogens (primary N) is 1. The van der Waals surface area contributed by atoms with Gasteiger partial charge in [0, 0.05) is 24.4 Å². The average Bonchev–Trinajstić information content (AvgIpc) is 2.62. The third-order valence-electron chi connectivity index (χ3n) is 5.05. The number of pyridine rings is 1. The van der Waals surface area contributed by atoms with E-state index in [9.17, 15) is 9.59 Å². The first-order valence-electron chi connectivity index (χ1n) is 8.60. The molecule has 3 N–H and O–H groups in total. The maximum Gasteiger partial charge on any atom is 0.303 e. The van der Waals surface area contributed by atoms with Gasteiger partial charge in [-0.3, -0.25) is 14.6 Å². The van der Waals surface area contributed by atoms with Crippen molar-refractivity contribution in [1.82, 2.24) is 4.98 Å². The van der Waals surface area contributed by atoms with E-state index >= 15 is 0 Å². The number of rotatable bonds is 5. The molecule has 1 amide bonds. The standard InChI is InChI=1S/C20H22N2O3/c21-20(25)18-10-17(11-22-12-18)16-7-5-15(6-8-16)14-3-1-13(2-4-14)9-19(23)24/h5-8,10-14H,1-4,9H2,(H2,21,25)(H,23,24)/t13-,14-. The number of nitrogens with zero attached hydrogens (tertiary/aromatic N) is 1. The Hall–Kier alpha value is -2.69. The SMILES string of the molecule is NC(=O)c1cncc(-c2ccc([C@H]3CC[C@H](CC(=O)O)CC3)cc2)c1. The molecule has 1 fully saturated rings. The first-order valence-corrected chi connectivity index (χ1v) is 8.60. The number of hydrogen-bond donors (Lipinski definition) is 2. The number of carbonyl (C=O) groups excluding carboxylic acids is 1. The maximum absolute atomic E-state index is 11.3. The zero-order valence-corrected chi connectivity index (χ0v) is 14.0. The Balaban J connectivity index is 1.68. The molecule has 0 spiro atoms. The Morgan fingerprint density at radius 2 is 1.72 bits per heavy atom. The topological polar surface area (TPSA) is 93.3 Å². The molecule has 0 saturated heterocycles. The summed E-state index contributed by atoms with van der Waals surface area (Å²) in [6.45, 7) is 0. The average molecular weight is 338 g/mol. The van der Waals surface area contributed by atoms with E-state index in [4.69, 9.17) is 10.8 Å². The van der Waals surface area contributed by atoms with Crippen molar-refractivity contribution in [1.29, 1.82) is 0 Å². The Labute approximate surface area is 146 Å².